The van der Waals surface area contributed by atoms with Crippen LogP contribution in [0.25, 0.3) is 0 Å². The quantitative estimate of drug-likeness (QED) is 0.246. The third kappa shape index (κ3) is 8.15. The summed E-state index contributed by atoms with van der Waals surface area (Å²) in [6.07, 6.45) is -0.710. The van der Waals surface area contributed by atoms with Crippen LogP contribution >= 0.6 is 22.6 Å². The van der Waals surface area contributed by atoms with Gasteiger partial charge in [0.25, 0.3) is 0 Å². The highest BCUT2D eigenvalue weighted by Crippen LogP contribution is 2.19. The first kappa shape index (κ1) is 23.2. The van der Waals surface area contributed by atoms with E-state index in [9.17, 15) is 14.4 Å². The molecular formula is C19H26INO6. The fraction of sp³-hybridized carbons (Fsp3) is 0.526. The van der Waals surface area contributed by atoms with E-state index in [0.717, 1.165) is 5.56 Å². The third-order valence-corrected chi connectivity index (χ3v) is 4.03. The van der Waals surface area contributed by atoms with E-state index in [0.29, 0.717) is 0 Å². The lowest BCUT2D eigenvalue weighted by molar-refractivity contribution is -0.161. The predicted octanol–water partition coefficient (Wildman–Crippen LogP) is 3.44. The van der Waals surface area contributed by atoms with Crippen molar-refractivity contribution in [3.05, 3.63) is 35.9 Å². The highest BCUT2D eigenvalue weighted by Gasteiger charge is 2.33. The summed E-state index contributed by atoms with van der Waals surface area (Å²) >= 11 is 1.92. The van der Waals surface area contributed by atoms with E-state index in [2.05, 4.69) is 5.32 Å². The summed E-state index contributed by atoms with van der Waals surface area (Å²) in [6, 6.07) is 8.33. The van der Waals surface area contributed by atoms with Gasteiger partial charge in [-0.2, -0.15) is 0 Å². The normalized spacial score (nSPS) is 12.2. The minimum atomic E-state index is -0.976. The molecule has 0 bridgehead atoms. The predicted molar refractivity (Wildman–Crippen MR) is 108 cm³/mol. The molecule has 0 aliphatic carbocycles. The molecule has 0 spiro atoms. The van der Waals surface area contributed by atoms with Crippen LogP contribution in [0.3, 0.4) is 0 Å². The first-order valence-corrected chi connectivity index (χ1v) is 10.1. The Morgan fingerprint density at radius 2 is 1.70 bits per heavy atom. The molecule has 8 heteroatoms. The molecule has 1 N–H and O–H groups in total. The first-order chi connectivity index (χ1) is 12.7. The number of rotatable bonds is 9. The molecule has 150 valence electrons. The van der Waals surface area contributed by atoms with Crippen LogP contribution < -0.4 is 5.32 Å². The van der Waals surface area contributed by atoms with Crippen LogP contribution in [0, 0.1) is 11.3 Å². The molecule has 0 heterocycles. The number of hydrogen-bond acceptors (Lipinski definition) is 6. The molecule has 1 aromatic carbocycles. The van der Waals surface area contributed by atoms with E-state index < -0.39 is 29.5 Å². The summed E-state index contributed by atoms with van der Waals surface area (Å²) < 4.78 is 15.6. The number of alkyl halides is 1. The van der Waals surface area contributed by atoms with Gasteiger partial charge in [0.1, 0.15) is 23.9 Å². The fourth-order valence-corrected chi connectivity index (χ4v) is 2.32. The van der Waals surface area contributed by atoms with Crippen LogP contribution in [0.2, 0.25) is 0 Å². The maximum atomic E-state index is 12.4. The number of esters is 2. The van der Waals surface area contributed by atoms with Crippen molar-refractivity contribution in [3.63, 3.8) is 0 Å². The second-order valence-corrected chi connectivity index (χ2v) is 7.58. The van der Waals surface area contributed by atoms with Gasteiger partial charge in [-0.1, -0.05) is 44.2 Å². The SMILES string of the molecule is CC(C)[C@@H](NC(=O)OCc1ccccc1)C(=O)OCC(C)(C)C(=O)OCI. The monoisotopic (exact) mass is 491 g/mol. The number of carbonyl (C=O) groups is 3. The highest BCUT2D eigenvalue weighted by molar-refractivity contribution is 14.1. The Morgan fingerprint density at radius 3 is 2.26 bits per heavy atom. The summed E-state index contributed by atoms with van der Waals surface area (Å²) in [5, 5.41) is 2.52. The Balaban J connectivity index is 2.57. The van der Waals surface area contributed by atoms with Crippen molar-refractivity contribution < 1.29 is 28.6 Å². The average molecular weight is 491 g/mol. The summed E-state index contributed by atoms with van der Waals surface area (Å²) in [4.78, 5) is 36.3. The molecule has 0 fully saturated rings. The minimum Gasteiger partial charge on any atom is -0.463 e. The van der Waals surface area contributed by atoms with Gasteiger partial charge >= 0.3 is 18.0 Å². The molecule has 7 nitrogen and oxygen atoms in total. The summed E-state index contributed by atoms with van der Waals surface area (Å²) in [5.74, 6) is -1.30. The number of benzene rings is 1. The topological polar surface area (TPSA) is 90.9 Å². The Bertz CT molecular complexity index is 632. The van der Waals surface area contributed by atoms with Crippen molar-refractivity contribution in [2.75, 3.05) is 11.2 Å². The van der Waals surface area contributed by atoms with Crippen molar-refractivity contribution in [2.24, 2.45) is 11.3 Å². The zero-order valence-electron chi connectivity index (χ0n) is 16.0. The van der Waals surface area contributed by atoms with Crippen molar-refractivity contribution in [3.8, 4) is 0 Å². The molecule has 1 amide bonds. The third-order valence-electron chi connectivity index (χ3n) is 3.72. The first-order valence-electron chi connectivity index (χ1n) is 8.54. The molecule has 1 aromatic rings. The second-order valence-electron chi connectivity index (χ2n) is 6.96. The van der Waals surface area contributed by atoms with Crippen LogP contribution in [0.1, 0.15) is 33.3 Å². The summed E-state index contributed by atoms with van der Waals surface area (Å²) in [7, 11) is 0. The Morgan fingerprint density at radius 1 is 1.07 bits per heavy atom. The molecule has 1 rings (SSSR count). The van der Waals surface area contributed by atoms with Gasteiger partial charge in [-0.05, 0) is 47.9 Å². The molecule has 0 saturated heterocycles. The molecule has 0 unspecified atom stereocenters. The number of nitrogens with one attached hydrogen (secondary N) is 1. The highest BCUT2D eigenvalue weighted by atomic mass is 127. The van der Waals surface area contributed by atoms with Crippen molar-refractivity contribution in [2.45, 2.75) is 40.3 Å². The summed E-state index contributed by atoms with van der Waals surface area (Å²) in [5.41, 5.74) is -0.136. The smallest absolute Gasteiger partial charge is 0.408 e. The van der Waals surface area contributed by atoms with Crippen molar-refractivity contribution >= 4 is 40.6 Å². The van der Waals surface area contributed by atoms with E-state index in [1.807, 2.05) is 52.9 Å². The summed E-state index contributed by atoms with van der Waals surface area (Å²) in [6.45, 7) is 6.76. The number of amides is 1. The largest absolute Gasteiger partial charge is 0.463 e. The van der Waals surface area contributed by atoms with Gasteiger partial charge in [-0.3, -0.25) is 4.79 Å². The molecule has 27 heavy (non-hydrogen) atoms. The van der Waals surface area contributed by atoms with Crippen LogP contribution in [0.5, 0.6) is 0 Å². The van der Waals surface area contributed by atoms with E-state index in [1.54, 1.807) is 27.7 Å². The van der Waals surface area contributed by atoms with Crippen LogP contribution in [-0.4, -0.2) is 35.3 Å². The van der Waals surface area contributed by atoms with Crippen molar-refractivity contribution in [1.29, 1.82) is 0 Å². The Labute approximate surface area is 173 Å². The maximum Gasteiger partial charge on any atom is 0.408 e. The number of alkyl carbamates (subject to hydrolysis) is 1. The van der Waals surface area contributed by atoms with Crippen LogP contribution in [0.4, 0.5) is 4.79 Å². The lowest BCUT2D eigenvalue weighted by Crippen LogP contribution is -2.46. The molecule has 0 aliphatic rings. The molecule has 0 aliphatic heterocycles. The van der Waals surface area contributed by atoms with Gasteiger partial charge in [0.2, 0.25) is 0 Å². The van der Waals surface area contributed by atoms with E-state index in [1.165, 1.54) is 0 Å². The fourth-order valence-electron chi connectivity index (χ4n) is 2.03. The maximum absolute atomic E-state index is 12.4. The molecule has 0 radical (unpaired) electrons. The van der Waals surface area contributed by atoms with Gasteiger partial charge in [0, 0.05) is 0 Å². The zero-order chi connectivity index (χ0) is 20.4. The number of hydrogen-bond donors (Lipinski definition) is 1. The molecule has 0 saturated carbocycles. The molecule has 1 atom stereocenters. The minimum absolute atomic E-state index is 0.0989. The van der Waals surface area contributed by atoms with Crippen LogP contribution in [0.15, 0.2) is 30.3 Å². The number of carbonyl (C=O) groups excluding carboxylic acids is 3. The van der Waals surface area contributed by atoms with Gasteiger partial charge in [-0.15, -0.1) is 0 Å². The van der Waals surface area contributed by atoms with Crippen LogP contribution in [-0.2, 0) is 30.4 Å². The van der Waals surface area contributed by atoms with Gasteiger partial charge in [0.05, 0.1) is 5.41 Å². The zero-order valence-corrected chi connectivity index (χ0v) is 18.1. The van der Waals surface area contributed by atoms with Gasteiger partial charge in [0.15, 0.2) is 0 Å². The van der Waals surface area contributed by atoms with Gasteiger partial charge < -0.3 is 19.5 Å². The lowest BCUT2D eigenvalue weighted by Gasteiger charge is -2.25. The molecular weight excluding hydrogens is 465 g/mol. The number of ether oxygens (including phenoxy) is 3. The van der Waals surface area contributed by atoms with E-state index in [4.69, 9.17) is 14.2 Å². The standard InChI is InChI=1S/C19H26INO6/c1-13(2)15(16(22)26-11-19(3,4)17(23)27-12-20)21-18(24)25-10-14-8-6-5-7-9-14/h5-9,13,15H,10-12H2,1-4H3,(H,21,24)/t15-/m1/s1. The second kappa shape index (κ2) is 11.1. The lowest BCUT2D eigenvalue weighted by atomic mass is 9.95. The Hall–Kier alpha value is -1.84. The van der Waals surface area contributed by atoms with E-state index in [-0.39, 0.29) is 23.7 Å². The van der Waals surface area contributed by atoms with Crippen molar-refractivity contribution in [1.82, 2.24) is 5.32 Å². The molecule has 0 aromatic heterocycles. The van der Waals surface area contributed by atoms with Gasteiger partial charge in [-0.25, -0.2) is 9.59 Å². The number of halogens is 1. The average Bonchev–Trinajstić information content (AvgIpc) is 2.63. The Kier molecular flexibility index (Phi) is 9.54. The van der Waals surface area contributed by atoms with E-state index >= 15 is 0 Å².